The van der Waals surface area contributed by atoms with Crippen molar-refractivity contribution in [3.63, 3.8) is 0 Å². The third-order valence-electron chi connectivity index (χ3n) is 4.76. The molecule has 0 aliphatic carbocycles. The highest BCUT2D eigenvalue weighted by atomic mass is 19.1. The van der Waals surface area contributed by atoms with E-state index in [1.165, 1.54) is 12.1 Å². The third kappa shape index (κ3) is 5.91. The van der Waals surface area contributed by atoms with Crippen LogP contribution in [0.3, 0.4) is 0 Å². The molecule has 164 valence electrons. The van der Waals surface area contributed by atoms with Crippen molar-refractivity contribution in [1.29, 1.82) is 0 Å². The Labute approximate surface area is 176 Å². The van der Waals surface area contributed by atoms with Crippen molar-refractivity contribution in [3.8, 4) is 0 Å². The molecule has 2 heterocycles. The van der Waals surface area contributed by atoms with Gasteiger partial charge in [0.1, 0.15) is 17.0 Å². The number of hydrogen-bond donors (Lipinski definition) is 1. The molecule has 1 aliphatic rings. The van der Waals surface area contributed by atoms with Gasteiger partial charge in [-0.1, -0.05) is 5.16 Å². The van der Waals surface area contributed by atoms with Gasteiger partial charge in [0.15, 0.2) is 5.82 Å². The first-order chi connectivity index (χ1) is 14.0. The molecule has 1 amide bonds. The first kappa shape index (κ1) is 22.0. The monoisotopic (exact) mass is 419 g/mol. The van der Waals surface area contributed by atoms with E-state index in [4.69, 9.17) is 9.26 Å². The second kappa shape index (κ2) is 8.59. The second-order valence-corrected chi connectivity index (χ2v) is 9.00. The van der Waals surface area contributed by atoms with E-state index in [2.05, 4.69) is 25.3 Å². The number of piperazine rings is 1. The number of carbonyl (C=O) groups excluding carboxylic acids is 1. The summed E-state index contributed by atoms with van der Waals surface area (Å²) in [6.45, 7) is 12.9. The number of anilines is 1. The molecule has 30 heavy (non-hydrogen) atoms. The number of amides is 1. The van der Waals surface area contributed by atoms with Crippen molar-refractivity contribution in [2.75, 3.05) is 31.1 Å². The zero-order chi connectivity index (χ0) is 21.9. The van der Waals surface area contributed by atoms with Gasteiger partial charge in [0, 0.05) is 31.9 Å². The number of ether oxygens (including phenoxy) is 1. The minimum atomic E-state index is -0.828. The Morgan fingerprint density at radius 2 is 1.77 bits per heavy atom. The molecule has 1 N–H and O–H groups in total. The Balaban J connectivity index is 1.53. The van der Waals surface area contributed by atoms with Gasteiger partial charge < -0.3 is 19.5 Å². The summed E-state index contributed by atoms with van der Waals surface area (Å²) >= 11 is 0. The van der Waals surface area contributed by atoms with Gasteiger partial charge in [0.25, 0.3) is 0 Å². The van der Waals surface area contributed by atoms with Crippen LogP contribution in [-0.4, -0.2) is 52.9 Å². The fraction of sp³-hybridized carbons (Fsp3) is 0.571. The van der Waals surface area contributed by atoms with Crippen LogP contribution in [0.4, 0.5) is 14.9 Å². The summed E-state index contributed by atoms with van der Waals surface area (Å²) in [5.74, 6) is 0.668. The summed E-state index contributed by atoms with van der Waals surface area (Å²) in [6.07, 6.45) is -0.532. The van der Waals surface area contributed by atoms with Crippen LogP contribution < -0.4 is 10.2 Å². The minimum Gasteiger partial charge on any atom is -0.444 e. The van der Waals surface area contributed by atoms with Crippen molar-refractivity contribution in [3.05, 3.63) is 41.8 Å². The average Bonchev–Trinajstić information content (AvgIpc) is 3.10. The summed E-state index contributed by atoms with van der Waals surface area (Å²) < 4.78 is 23.8. The lowest BCUT2D eigenvalue weighted by atomic mass is 10.1. The molecular formula is C21H30FN5O3. The lowest BCUT2D eigenvalue weighted by Crippen LogP contribution is -2.46. The molecule has 0 spiro atoms. The number of aromatic nitrogens is 2. The van der Waals surface area contributed by atoms with Crippen LogP contribution in [-0.2, 0) is 16.8 Å². The normalized spacial score (nSPS) is 15.9. The summed E-state index contributed by atoms with van der Waals surface area (Å²) in [4.78, 5) is 21.0. The van der Waals surface area contributed by atoms with Crippen molar-refractivity contribution in [2.45, 2.75) is 52.3 Å². The molecule has 1 fully saturated rings. The average molecular weight is 420 g/mol. The number of nitrogens with zero attached hydrogens (tertiary/aromatic N) is 4. The molecule has 9 heteroatoms. The van der Waals surface area contributed by atoms with Crippen molar-refractivity contribution in [2.24, 2.45) is 0 Å². The van der Waals surface area contributed by atoms with E-state index in [0.717, 1.165) is 31.9 Å². The first-order valence-corrected chi connectivity index (χ1v) is 10.1. The molecule has 1 aromatic carbocycles. The molecule has 0 radical (unpaired) electrons. The summed E-state index contributed by atoms with van der Waals surface area (Å²) in [5.41, 5.74) is -0.393. The fourth-order valence-corrected chi connectivity index (χ4v) is 3.19. The Morgan fingerprint density at radius 3 is 2.37 bits per heavy atom. The molecule has 2 aromatic rings. The van der Waals surface area contributed by atoms with Crippen LogP contribution >= 0.6 is 0 Å². The molecule has 8 nitrogen and oxygen atoms in total. The number of halogens is 1. The van der Waals surface area contributed by atoms with Gasteiger partial charge in [0.2, 0.25) is 5.89 Å². The van der Waals surface area contributed by atoms with Gasteiger partial charge in [0.05, 0.1) is 6.54 Å². The van der Waals surface area contributed by atoms with Gasteiger partial charge in [-0.15, -0.1) is 0 Å². The maximum absolute atomic E-state index is 13.1. The SMILES string of the molecule is CC(C)(C)OC(=O)NC(C)(C)c1noc(CN2CCN(c3ccc(F)cc3)CC2)n1. The minimum absolute atomic E-state index is 0.228. The number of hydrogen-bond acceptors (Lipinski definition) is 7. The summed E-state index contributed by atoms with van der Waals surface area (Å²) in [7, 11) is 0. The topological polar surface area (TPSA) is 83.7 Å². The van der Waals surface area contributed by atoms with Gasteiger partial charge in [-0.2, -0.15) is 4.98 Å². The molecule has 0 atom stereocenters. The highest BCUT2D eigenvalue weighted by molar-refractivity contribution is 5.68. The lowest BCUT2D eigenvalue weighted by molar-refractivity contribution is 0.0465. The Bertz CT molecular complexity index is 852. The predicted octanol–water partition coefficient (Wildman–Crippen LogP) is 3.29. The predicted molar refractivity (Wildman–Crippen MR) is 111 cm³/mol. The van der Waals surface area contributed by atoms with E-state index in [0.29, 0.717) is 18.3 Å². The molecule has 1 aromatic heterocycles. The standard InChI is InChI=1S/C21H30FN5O3/c1-20(2,3)29-19(28)24-21(4,5)18-23-17(30-25-18)14-26-10-12-27(13-11-26)16-8-6-15(22)7-9-16/h6-9H,10-14H2,1-5H3,(H,24,28). The van der Waals surface area contributed by atoms with Crippen LogP contribution in [0.2, 0.25) is 0 Å². The van der Waals surface area contributed by atoms with Crippen LogP contribution in [0.1, 0.15) is 46.3 Å². The molecular weight excluding hydrogens is 389 g/mol. The highest BCUT2D eigenvalue weighted by Crippen LogP contribution is 2.20. The van der Waals surface area contributed by atoms with E-state index in [1.54, 1.807) is 26.0 Å². The van der Waals surface area contributed by atoms with E-state index >= 15 is 0 Å². The molecule has 1 saturated heterocycles. The number of carbonyl (C=O) groups is 1. The van der Waals surface area contributed by atoms with Gasteiger partial charge >= 0.3 is 6.09 Å². The number of benzene rings is 1. The smallest absolute Gasteiger partial charge is 0.408 e. The second-order valence-electron chi connectivity index (χ2n) is 9.00. The fourth-order valence-electron chi connectivity index (χ4n) is 3.19. The Morgan fingerprint density at radius 1 is 1.13 bits per heavy atom. The Kier molecular flexibility index (Phi) is 6.30. The van der Waals surface area contributed by atoms with E-state index < -0.39 is 17.2 Å². The van der Waals surface area contributed by atoms with E-state index in [9.17, 15) is 9.18 Å². The largest absolute Gasteiger partial charge is 0.444 e. The first-order valence-electron chi connectivity index (χ1n) is 10.1. The molecule has 0 unspecified atom stereocenters. The lowest BCUT2D eigenvalue weighted by Gasteiger charge is -2.35. The zero-order valence-corrected chi connectivity index (χ0v) is 18.2. The van der Waals surface area contributed by atoms with Crippen molar-refractivity contribution < 1.29 is 18.4 Å². The van der Waals surface area contributed by atoms with Gasteiger partial charge in [-0.25, -0.2) is 9.18 Å². The van der Waals surface area contributed by atoms with Gasteiger partial charge in [-0.05, 0) is 58.9 Å². The van der Waals surface area contributed by atoms with Crippen LogP contribution in [0.15, 0.2) is 28.8 Å². The molecule has 1 aliphatic heterocycles. The molecule has 0 saturated carbocycles. The number of alkyl carbamates (subject to hydrolysis) is 1. The van der Waals surface area contributed by atoms with Crippen LogP contribution in [0.5, 0.6) is 0 Å². The molecule has 3 rings (SSSR count). The van der Waals surface area contributed by atoms with Crippen LogP contribution in [0.25, 0.3) is 0 Å². The zero-order valence-electron chi connectivity index (χ0n) is 18.2. The number of rotatable bonds is 5. The van der Waals surface area contributed by atoms with Crippen molar-refractivity contribution in [1.82, 2.24) is 20.4 Å². The quantitative estimate of drug-likeness (QED) is 0.796. The third-order valence-corrected chi connectivity index (χ3v) is 4.76. The number of nitrogens with one attached hydrogen (secondary N) is 1. The van der Waals surface area contributed by atoms with Crippen LogP contribution in [0, 0.1) is 5.82 Å². The summed E-state index contributed by atoms with van der Waals surface area (Å²) in [5, 5.41) is 6.83. The maximum Gasteiger partial charge on any atom is 0.408 e. The molecule has 0 bridgehead atoms. The van der Waals surface area contributed by atoms with E-state index in [-0.39, 0.29) is 5.82 Å². The Hall–Kier alpha value is -2.68. The highest BCUT2D eigenvalue weighted by Gasteiger charge is 2.31. The van der Waals surface area contributed by atoms with E-state index in [1.807, 2.05) is 20.8 Å². The van der Waals surface area contributed by atoms with Gasteiger partial charge in [-0.3, -0.25) is 4.90 Å². The van der Waals surface area contributed by atoms with Crippen molar-refractivity contribution >= 4 is 11.8 Å². The maximum atomic E-state index is 13.1. The summed E-state index contributed by atoms with van der Waals surface area (Å²) in [6, 6.07) is 6.56.